The molecule has 0 bridgehead atoms. The number of carbonyl (C=O) groups excluding carboxylic acids is 2. The van der Waals surface area contributed by atoms with E-state index in [1.807, 2.05) is 0 Å². The van der Waals surface area contributed by atoms with E-state index < -0.39 is 17.8 Å². The molecule has 0 spiro atoms. The summed E-state index contributed by atoms with van der Waals surface area (Å²) in [5.74, 6) is -2.08. The topological polar surface area (TPSA) is 96.8 Å². The van der Waals surface area contributed by atoms with Crippen LogP contribution in [0.5, 0.6) is 0 Å². The number of carboxylic acids is 1. The zero-order valence-electron chi connectivity index (χ0n) is 10.6. The number of hydrogen-bond acceptors (Lipinski definition) is 5. The van der Waals surface area contributed by atoms with Gasteiger partial charge in [0, 0.05) is 13.6 Å². The maximum atomic E-state index is 11.9. The molecule has 0 atom stereocenters. The highest BCUT2D eigenvalue weighted by molar-refractivity contribution is 5.94. The minimum atomic E-state index is -0.990. The normalized spacial score (nSPS) is 9.79. The van der Waals surface area contributed by atoms with Crippen LogP contribution in [-0.2, 0) is 9.53 Å². The predicted molar refractivity (Wildman–Crippen MR) is 64.8 cm³/mol. The molecular weight excluding hydrogens is 252 g/mol. The molecular formula is C12H14N2O5. The Hall–Kier alpha value is -2.44. The number of esters is 1. The number of aromatic nitrogens is 1. The average Bonchev–Trinajstić information content (AvgIpc) is 2.43. The third-order valence-electron chi connectivity index (χ3n) is 2.37. The Morgan fingerprint density at radius 2 is 1.95 bits per heavy atom. The number of carbonyl (C=O) groups is 3. The lowest BCUT2D eigenvalue weighted by Crippen LogP contribution is -2.30. The van der Waals surface area contributed by atoms with Gasteiger partial charge < -0.3 is 14.7 Å². The minimum absolute atomic E-state index is 0.0278. The lowest BCUT2D eigenvalue weighted by molar-refractivity contribution is -0.137. The van der Waals surface area contributed by atoms with Gasteiger partial charge in [0.1, 0.15) is 11.4 Å². The number of aliphatic carboxylic acids is 1. The van der Waals surface area contributed by atoms with E-state index >= 15 is 0 Å². The van der Waals surface area contributed by atoms with Crippen molar-refractivity contribution in [3.8, 4) is 0 Å². The second kappa shape index (κ2) is 6.48. The first-order valence-electron chi connectivity index (χ1n) is 5.48. The summed E-state index contributed by atoms with van der Waals surface area (Å²) >= 11 is 0. The molecule has 7 nitrogen and oxygen atoms in total. The minimum Gasteiger partial charge on any atom is -0.481 e. The molecule has 0 aliphatic rings. The van der Waals surface area contributed by atoms with Crippen LogP contribution in [-0.4, -0.2) is 53.5 Å². The van der Waals surface area contributed by atoms with E-state index in [4.69, 9.17) is 5.11 Å². The summed E-state index contributed by atoms with van der Waals surface area (Å²) in [7, 11) is 2.69. The molecule has 1 rings (SSSR count). The number of hydrogen-bond donors (Lipinski definition) is 1. The van der Waals surface area contributed by atoms with Crippen LogP contribution in [0.1, 0.15) is 27.4 Å². The standard InChI is InChI=1S/C12H14N2O5/c1-14(7-6-10(15)16)11(17)8-4-3-5-9(13-8)12(18)19-2/h3-5H,6-7H2,1-2H3,(H,15,16). The Kier molecular flexibility index (Phi) is 4.99. The van der Waals surface area contributed by atoms with E-state index in [2.05, 4.69) is 9.72 Å². The molecule has 1 aromatic heterocycles. The van der Waals surface area contributed by atoms with Crippen LogP contribution in [0.4, 0.5) is 0 Å². The van der Waals surface area contributed by atoms with Crippen molar-refractivity contribution in [2.75, 3.05) is 20.7 Å². The number of rotatable bonds is 5. The molecule has 1 aromatic rings. The van der Waals surface area contributed by atoms with Crippen molar-refractivity contribution in [1.82, 2.24) is 9.88 Å². The quantitative estimate of drug-likeness (QED) is 0.775. The fourth-order valence-corrected chi connectivity index (χ4v) is 1.33. The molecule has 0 fully saturated rings. The summed E-state index contributed by atoms with van der Waals surface area (Å²) in [6.07, 6.45) is -0.154. The van der Waals surface area contributed by atoms with Crippen LogP contribution >= 0.6 is 0 Å². The van der Waals surface area contributed by atoms with E-state index in [9.17, 15) is 14.4 Å². The maximum Gasteiger partial charge on any atom is 0.356 e. The molecule has 0 radical (unpaired) electrons. The summed E-state index contributed by atoms with van der Waals surface area (Å²) in [5, 5.41) is 8.55. The molecule has 0 saturated heterocycles. The van der Waals surface area contributed by atoms with Crippen LogP contribution in [0, 0.1) is 0 Å². The van der Waals surface area contributed by atoms with E-state index in [1.165, 1.54) is 37.3 Å². The smallest absolute Gasteiger partial charge is 0.356 e. The molecule has 19 heavy (non-hydrogen) atoms. The Labute approximate surface area is 109 Å². The fraction of sp³-hybridized carbons (Fsp3) is 0.333. The van der Waals surface area contributed by atoms with Crippen LogP contribution in [0.25, 0.3) is 0 Å². The molecule has 1 heterocycles. The van der Waals surface area contributed by atoms with Crippen LogP contribution in [0.2, 0.25) is 0 Å². The van der Waals surface area contributed by atoms with Crippen molar-refractivity contribution in [1.29, 1.82) is 0 Å². The lowest BCUT2D eigenvalue weighted by Gasteiger charge is -2.15. The Balaban J connectivity index is 2.81. The van der Waals surface area contributed by atoms with Gasteiger partial charge in [0.15, 0.2) is 0 Å². The molecule has 0 unspecified atom stereocenters. The van der Waals surface area contributed by atoms with Crippen molar-refractivity contribution in [2.24, 2.45) is 0 Å². The number of methoxy groups -OCH3 is 1. The highest BCUT2D eigenvalue weighted by atomic mass is 16.5. The first-order valence-corrected chi connectivity index (χ1v) is 5.48. The van der Waals surface area contributed by atoms with Gasteiger partial charge >= 0.3 is 11.9 Å². The molecule has 0 aliphatic carbocycles. The number of carboxylic acid groups (broad SMARTS) is 1. The monoisotopic (exact) mass is 266 g/mol. The van der Waals surface area contributed by atoms with Crippen LogP contribution in [0.15, 0.2) is 18.2 Å². The summed E-state index contributed by atoms with van der Waals surface area (Å²) in [5.41, 5.74) is 0.0933. The van der Waals surface area contributed by atoms with Crippen molar-refractivity contribution in [3.63, 3.8) is 0 Å². The molecule has 0 aliphatic heterocycles. The van der Waals surface area contributed by atoms with Gasteiger partial charge in [0.05, 0.1) is 13.5 Å². The first kappa shape index (κ1) is 14.6. The number of ether oxygens (including phenoxy) is 1. The summed E-state index contributed by atoms with van der Waals surface area (Å²) in [6.45, 7) is 0.0678. The Morgan fingerprint density at radius 1 is 1.32 bits per heavy atom. The van der Waals surface area contributed by atoms with Crippen LogP contribution < -0.4 is 0 Å². The van der Waals surface area contributed by atoms with Crippen molar-refractivity contribution in [2.45, 2.75) is 6.42 Å². The second-order valence-electron chi connectivity index (χ2n) is 3.77. The van der Waals surface area contributed by atoms with Gasteiger partial charge in [-0.25, -0.2) is 9.78 Å². The Bertz CT molecular complexity index is 501. The second-order valence-corrected chi connectivity index (χ2v) is 3.77. The van der Waals surface area contributed by atoms with Gasteiger partial charge in [-0.2, -0.15) is 0 Å². The fourth-order valence-electron chi connectivity index (χ4n) is 1.33. The SMILES string of the molecule is COC(=O)c1cccc(C(=O)N(C)CCC(=O)O)n1. The lowest BCUT2D eigenvalue weighted by atomic mass is 10.2. The summed E-state index contributed by atoms with van der Waals surface area (Å²) < 4.78 is 4.51. The summed E-state index contributed by atoms with van der Waals surface area (Å²) in [4.78, 5) is 38.8. The molecule has 0 saturated carbocycles. The van der Waals surface area contributed by atoms with Gasteiger partial charge in [-0.3, -0.25) is 9.59 Å². The molecule has 0 aromatic carbocycles. The third-order valence-corrected chi connectivity index (χ3v) is 2.37. The predicted octanol–water partition coefficient (Wildman–Crippen LogP) is 0.415. The molecule has 1 N–H and O–H groups in total. The van der Waals surface area contributed by atoms with E-state index in [0.29, 0.717) is 0 Å². The zero-order chi connectivity index (χ0) is 14.4. The largest absolute Gasteiger partial charge is 0.481 e. The molecule has 102 valence electrons. The maximum absolute atomic E-state index is 11.9. The van der Waals surface area contributed by atoms with E-state index in [0.717, 1.165) is 0 Å². The van der Waals surface area contributed by atoms with E-state index in [-0.39, 0.29) is 24.4 Å². The number of pyridine rings is 1. The van der Waals surface area contributed by atoms with Gasteiger partial charge in [-0.05, 0) is 12.1 Å². The van der Waals surface area contributed by atoms with Crippen molar-refractivity contribution >= 4 is 17.8 Å². The van der Waals surface area contributed by atoms with Crippen molar-refractivity contribution < 1.29 is 24.2 Å². The summed E-state index contributed by atoms with van der Waals surface area (Å²) in [6, 6.07) is 4.39. The molecule has 1 amide bonds. The van der Waals surface area contributed by atoms with Gasteiger partial charge in [-0.1, -0.05) is 6.07 Å². The van der Waals surface area contributed by atoms with Gasteiger partial charge in [-0.15, -0.1) is 0 Å². The number of nitrogens with zero attached hydrogens (tertiary/aromatic N) is 2. The highest BCUT2D eigenvalue weighted by Crippen LogP contribution is 2.04. The zero-order valence-corrected chi connectivity index (χ0v) is 10.6. The molecule has 7 heteroatoms. The Morgan fingerprint density at radius 3 is 2.53 bits per heavy atom. The number of amides is 1. The van der Waals surface area contributed by atoms with E-state index in [1.54, 1.807) is 0 Å². The van der Waals surface area contributed by atoms with Crippen molar-refractivity contribution in [3.05, 3.63) is 29.6 Å². The van der Waals surface area contributed by atoms with Crippen LogP contribution in [0.3, 0.4) is 0 Å². The first-order chi connectivity index (χ1) is 8.95. The van der Waals surface area contributed by atoms with Gasteiger partial charge in [0.25, 0.3) is 5.91 Å². The third kappa shape index (κ3) is 4.06. The highest BCUT2D eigenvalue weighted by Gasteiger charge is 2.16. The average molecular weight is 266 g/mol. The van der Waals surface area contributed by atoms with Gasteiger partial charge in [0.2, 0.25) is 0 Å².